The fraction of sp³-hybridized carbons (Fsp3) is 0. The molecule has 0 amide bonds. The number of nitro benzene ring substituents is 1. The zero-order valence-corrected chi connectivity index (χ0v) is 21.0. The van der Waals surface area contributed by atoms with Crippen LogP contribution in [0.5, 0.6) is 0 Å². The van der Waals surface area contributed by atoms with E-state index in [1.165, 1.54) is 28.7 Å². The minimum Gasteiger partial charge on any atom is -0.282 e. The average Bonchev–Trinajstić information content (AvgIpc) is 3.27. The minimum absolute atomic E-state index is 0.238. The molecule has 3 N–H and O–H groups in total. The van der Waals surface area contributed by atoms with Gasteiger partial charge >= 0.3 is 0 Å². The Hall–Kier alpha value is -3.32. The van der Waals surface area contributed by atoms with E-state index in [9.17, 15) is 36.1 Å². The summed E-state index contributed by atoms with van der Waals surface area (Å²) < 4.78 is 67.1. The Bertz CT molecular complexity index is 1580. The van der Waals surface area contributed by atoms with E-state index in [-0.39, 0.29) is 11.1 Å². The van der Waals surface area contributed by atoms with Crippen molar-refractivity contribution in [3.63, 3.8) is 0 Å². The number of nitrogens with zero attached hydrogens (tertiary/aromatic N) is 4. The maximum absolute atomic E-state index is 12.1. The fourth-order valence-corrected chi connectivity index (χ4v) is 4.98. The number of halogens is 1. The molecule has 182 valence electrons. The van der Waals surface area contributed by atoms with Crippen LogP contribution in [0.15, 0.2) is 75.6 Å². The number of hydrazone groups is 1. The van der Waals surface area contributed by atoms with Gasteiger partial charge in [-0.15, -0.1) is 5.10 Å². The zero-order chi connectivity index (χ0) is 25.5. The van der Waals surface area contributed by atoms with Crippen molar-refractivity contribution < 1.29 is 30.9 Å². The van der Waals surface area contributed by atoms with Crippen LogP contribution in [0.25, 0.3) is 11.1 Å². The maximum atomic E-state index is 12.1. The van der Waals surface area contributed by atoms with Gasteiger partial charge in [-0.3, -0.25) is 24.6 Å². The molecule has 0 spiro atoms. The summed E-state index contributed by atoms with van der Waals surface area (Å²) in [5.74, 6) is 0. The van der Waals surface area contributed by atoms with Crippen LogP contribution < -0.4 is 15.7 Å². The number of hydrogen-bond donors (Lipinski definition) is 3. The van der Waals surface area contributed by atoms with Crippen LogP contribution in [0.1, 0.15) is 0 Å². The molecule has 0 fully saturated rings. The van der Waals surface area contributed by atoms with Crippen LogP contribution >= 0.6 is 22.6 Å². The molecular weight excluding hydrogens is 617 g/mol. The lowest BCUT2D eigenvalue weighted by Gasteiger charge is -2.28. The molecule has 0 saturated carbocycles. The summed E-state index contributed by atoms with van der Waals surface area (Å²) in [4.78, 5) is 9.22. The van der Waals surface area contributed by atoms with Gasteiger partial charge in [-0.1, -0.05) is 6.07 Å². The van der Waals surface area contributed by atoms with Crippen LogP contribution in [0.2, 0.25) is 0 Å². The third-order valence-electron chi connectivity index (χ3n) is 4.83. The molecule has 1 aliphatic rings. The highest BCUT2D eigenvalue weighted by atomic mass is 127. The molecule has 3 aromatic carbocycles. The number of anilines is 2. The van der Waals surface area contributed by atoms with Crippen molar-refractivity contribution in [1.82, 2.24) is 5.43 Å². The molecule has 35 heavy (non-hydrogen) atoms. The second-order valence-electron chi connectivity index (χ2n) is 7.02. The Morgan fingerprint density at radius 2 is 1.54 bits per heavy atom. The molecule has 1 aliphatic heterocycles. The number of rotatable bonds is 6. The molecule has 0 unspecified atom stereocenters. The Morgan fingerprint density at radius 3 is 2.14 bits per heavy atom. The second-order valence-corrected chi connectivity index (χ2v) is 11.1. The van der Waals surface area contributed by atoms with Crippen molar-refractivity contribution in [1.29, 1.82) is 0 Å². The van der Waals surface area contributed by atoms with E-state index in [4.69, 9.17) is 0 Å². The van der Waals surface area contributed by atoms with Gasteiger partial charge in [0.15, 0.2) is 0 Å². The lowest BCUT2D eigenvalue weighted by atomic mass is 10.0. The summed E-state index contributed by atoms with van der Waals surface area (Å²) in [6.45, 7) is 0. The van der Waals surface area contributed by atoms with Crippen molar-refractivity contribution in [2.45, 2.75) is 9.79 Å². The molecule has 1 heterocycles. The smallest absolute Gasteiger partial charge is 0.282 e. The molecular formula is C19H14IN5O8S2. The number of nitrogens with one attached hydrogen (secondary N) is 1. The molecule has 3 aromatic rings. The van der Waals surface area contributed by atoms with E-state index in [0.29, 0.717) is 17.4 Å². The van der Waals surface area contributed by atoms with Gasteiger partial charge in [0, 0.05) is 15.2 Å². The first-order valence-corrected chi connectivity index (χ1v) is 13.3. The molecule has 0 saturated heterocycles. The van der Waals surface area contributed by atoms with Gasteiger partial charge < -0.3 is 0 Å². The molecule has 0 aromatic heterocycles. The van der Waals surface area contributed by atoms with Gasteiger partial charge in [0.05, 0.1) is 26.8 Å². The van der Waals surface area contributed by atoms with Gasteiger partial charge in [0.2, 0.25) is 0 Å². The van der Waals surface area contributed by atoms with Gasteiger partial charge in [-0.25, -0.2) is 0 Å². The topological polar surface area (TPSA) is 183 Å². The standard InChI is InChI=1S/C19H14IN5O8S2/c20-12-1-3-13(4-2-12)23-21-11-22-24(23)14-5-8-18(25(26)27)17(9-14)16-7-6-15(34(28,29)30)10-19(16)35(31,32)33/h1-11H,(H,21,22)(H,28,29,30)(H,31,32,33). The lowest BCUT2D eigenvalue weighted by Crippen LogP contribution is -2.42. The van der Waals surface area contributed by atoms with E-state index in [1.54, 1.807) is 12.1 Å². The van der Waals surface area contributed by atoms with E-state index in [1.807, 2.05) is 12.1 Å². The Kier molecular flexibility index (Phi) is 6.40. The largest absolute Gasteiger partial charge is 0.295 e. The summed E-state index contributed by atoms with van der Waals surface area (Å²) in [5, 5.41) is 18.8. The van der Waals surface area contributed by atoms with Crippen LogP contribution in [0.4, 0.5) is 17.1 Å². The summed E-state index contributed by atoms with van der Waals surface area (Å²) >= 11 is 2.14. The second kappa shape index (κ2) is 9.04. The van der Waals surface area contributed by atoms with Gasteiger partial charge in [-0.05, 0) is 71.1 Å². The number of nitro groups is 1. The molecule has 0 aliphatic carbocycles. The summed E-state index contributed by atoms with van der Waals surface area (Å²) in [6.07, 6.45) is 1.36. The maximum Gasteiger partial charge on any atom is 0.295 e. The molecule has 4 rings (SSSR count). The van der Waals surface area contributed by atoms with Crippen LogP contribution in [0.3, 0.4) is 0 Å². The highest BCUT2D eigenvalue weighted by Crippen LogP contribution is 2.38. The first-order chi connectivity index (χ1) is 16.4. The quantitative estimate of drug-likeness (QED) is 0.157. The monoisotopic (exact) mass is 631 g/mol. The van der Waals surface area contributed by atoms with E-state index in [0.717, 1.165) is 21.8 Å². The van der Waals surface area contributed by atoms with Crippen LogP contribution in [-0.2, 0) is 20.2 Å². The molecule has 16 heteroatoms. The fourth-order valence-electron chi connectivity index (χ4n) is 3.31. The van der Waals surface area contributed by atoms with E-state index < -0.39 is 40.6 Å². The summed E-state index contributed by atoms with van der Waals surface area (Å²) in [6, 6.07) is 13.4. The first kappa shape index (κ1) is 24.8. The number of hydrazine groups is 2. The predicted octanol–water partition coefficient (Wildman–Crippen LogP) is 3.05. The highest BCUT2D eigenvalue weighted by Gasteiger charge is 2.28. The normalized spacial score (nSPS) is 13.7. The predicted molar refractivity (Wildman–Crippen MR) is 134 cm³/mol. The van der Waals surface area contributed by atoms with Gasteiger partial charge in [-0.2, -0.15) is 27.1 Å². The zero-order valence-electron chi connectivity index (χ0n) is 17.2. The Morgan fingerprint density at radius 1 is 0.886 bits per heavy atom. The van der Waals surface area contributed by atoms with Crippen LogP contribution in [0, 0.1) is 13.7 Å². The third kappa shape index (κ3) is 5.05. The Balaban J connectivity index is 1.89. The van der Waals surface area contributed by atoms with Crippen molar-refractivity contribution in [3.8, 4) is 11.1 Å². The van der Waals surface area contributed by atoms with Crippen molar-refractivity contribution in [3.05, 3.63) is 74.3 Å². The molecule has 0 radical (unpaired) electrons. The van der Waals surface area contributed by atoms with Crippen LogP contribution in [-0.4, -0.2) is 37.2 Å². The minimum atomic E-state index is -5.06. The molecule has 0 bridgehead atoms. The SMILES string of the molecule is O=[N+]([O-])c1ccc(N2NC=NN2c2ccc(I)cc2)cc1-c1ccc(S(=O)(=O)O)cc1S(=O)(=O)O. The highest BCUT2D eigenvalue weighted by molar-refractivity contribution is 14.1. The average molecular weight is 631 g/mol. The van der Waals surface area contributed by atoms with Crippen molar-refractivity contribution >= 4 is 66.2 Å². The first-order valence-electron chi connectivity index (χ1n) is 9.38. The van der Waals surface area contributed by atoms with Gasteiger partial charge in [0.25, 0.3) is 25.9 Å². The number of benzene rings is 3. The van der Waals surface area contributed by atoms with Gasteiger partial charge in [0.1, 0.15) is 11.2 Å². The van der Waals surface area contributed by atoms with Crippen molar-refractivity contribution in [2.24, 2.45) is 5.10 Å². The number of hydrogen-bond acceptors (Lipinski definition) is 10. The lowest BCUT2D eigenvalue weighted by molar-refractivity contribution is -0.384. The summed E-state index contributed by atoms with van der Waals surface area (Å²) in [5.41, 5.74) is 2.68. The molecule has 13 nitrogen and oxygen atoms in total. The Labute approximate surface area is 212 Å². The van der Waals surface area contributed by atoms with E-state index >= 15 is 0 Å². The van der Waals surface area contributed by atoms with E-state index in [2.05, 4.69) is 33.1 Å². The molecule has 0 atom stereocenters. The summed E-state index contributed by atoms with van der Waals surface area (Å²) in [7, 11) is -9.88. The van der Waals surface area contributed by atoms with Crippen molar-refractivity contribution in [2.75, 3.05) is 10.2 Å². The third-order valence-corrected chi connectivity index (χ3v) is 7.30.